The summed E-state index contributed by atoms with van der Waals surface area (Å²) < 4.78 is 46.4. The maximum absolute atomic E-state index is 13.4. The number of alkyl halides is 3. The molecule has 6 rings (SSSR count). The summed E-state index contributed by atoms with van der Waals surface area (Å²) in [4.78, 5) is 26.0. The van der Waals surface area contributed by atoms with Crippen molar-refractivity contribution in [2.24, 2.45) is 0 Å². The second-order valence-corrected chi connectivity index (χ2v) is 10.9. The summed E-state index contributed by atoms with van der Waals surface area (Å²) in [6.07, 6.45) is 5.36. The number of hydrogen-bond acceptors (Lipinski definition) is 8. The van der Waals surface area contributed by atoms with Crippen LogP contribution < -0.4 is 5.32 Å². The van der Waals surface area contributed by atoms with Gasteiger partial charge < -0.3 is 24.8 Å². The zero-order valence-electron chi connectivity index (χ0n) is 24.0. The molecule has 3 aliphatic rings. The van der Waals surface area contributed by atoms with Crippen molar-refractivity contribution in [1.82, 2.24) is 34.4 Å². The van der Waals surface area contributed by atoms with Gasteiger partial charge in [0.15, 0.2) is 0 Å². The standard InChI is InChI=1S/C30H33F3N8O2/c1-37-10-12-39(13-11-37)14-15-43-23-8-9-40-27(20-38(2)28(40)16-23)29(42)36-25-4-3-5-26-24(25)18-35-41(26)19-22-7-6-21(17-34-22)30(31,32)33/h3-9,16-18,20,28H,10-15,19H2,1-2H3,(H,36,42). The van der Waals surface area contributed by atoms with E-state index < -0.39 is 11.7 Å². The number of fused-ring (bicyclic) bond motifs is 2. The van der Waals surface area contributed by atoms with E-state index in [9.17, 15) is 18.0 Å². The fraction of sp³-hybridized carbons (Fsp3) is 0.367. The Morgan fingerprint density at radius 1 is 1.09 bits per heavy atom. The highest BCUT2D eigenvalue weighted by molar-refractivity contribution is 6.08. The molecule has 0 bridgehead atoms. The molecular weight excluding hydrogens is 561 g/mol. The van der Waals surface area contributed by atoms with E-state index in [0.29, 0.717) is 34.6 Å². The van der Waals surface area contributed by atoms with Crippen LogP contribution >= 0.6 is 0 Å². The number of rotatable bonds is 8. The van der Waals surface area contributed by atoms with E-state index >= 15 is 0 Å². The number of benzene rings is 1. The van der Waals surface area contributed by atoms with Gasteiger partial charge in [-0.25, -0.2) is 0 Å². The number of likely N-dealkylation sites (N-methyl/N-ethyl adjacent to an activating group) is 2. The molecule has 0 saturated carbocycles. The summed E-state index contributed by atoms with van der Waals surface area (Å²) in [6, 6.07) is 7.77. The molecule has 1 fully saturated rings. The molecule has 3 aromatic rings. The number of nitrogens with zero attached hydrogens (tertiary/aromatic N) is 7. The van der Waals surface area contributed by atoms with Gasteiger partial charge in [0.1, 0.15) is 24.2 Å². The Kier molecular flexibility index (Phi) is 7.84. The van der Waals surface area contributed by atoms with Crippen LogP contribution in [0.1, 0.15) is 11.3 Å². The number of amides is 1. The zero-order chi connectivity index (χ0) is 30.1. The number of ether oxygens (including phenoxy) is 1. The Morgan fingerprint density at radius 3 is 2.65 bits per heavy atom. The molecule has 3 aliphatic heterocycles. The van der Waals surface area contributed by atoms with Crippen molar-refractivity contribution in [1.29, 1.82) is 0 Å². The molecule has 0 radical (unpaired) electrons. The van der Waals surface area contributed by atoms with Gasteiger partial charge in [-0.2, -0.15) is 18.3 Å². The Balaban J connectivity index is 1.09. The Bertz CT molecular complexity index is 1570. The third-order valence-electron chi connectivity index (χ3n) is 7.92. The maximum atomic E-state index is 13.4. The number of allylic oxidation sites excluding steroid dienone is 1. The normalized spacial score (nSPS) is 19.4. The molecule has 1 saturated heterocycles. The fourth-order valence-electron chi connectivity index (χ4n) is 5.40. The number of piperazine rings is 1. The van der Waals surface area contributed by atoms with Crippen LogP contribution in [-0.4, -0.2) is 99.9 Å². The quantitative estimate of drug-likeness (QED) is 0.425. The van der Waals surface area contributed by atoms with E-state index in [1.165, 1.54) is 6.07 Å². The van der Waals surface area contributed by atoms with Crippen LogP contribution in [0.4, 0.5) is 18.9 Å². The van der Waals surface area contributed by atoms with Gasteiger partial charge >= 0.3 is 6.18 Å². The predicted octanol–water partition coefficient (Wildman–Crippen LogP) is 3.53. The topological polar surface area (TPSA) is 82.0 Å². The summed E-state index contributed by atoms with van der Waals surface area (Å²) in [5.41, 5.74) is 1.41. The van der Waals surface area contributed by atoms with Crippen LogP contribution in [0.3, 0.4) is 0 Å². The van der Waals surface area contributed by atoms with Crippen molar-refractivity contribution >= 4 is 22.5 Å². The minimum atomic E-state index is -4.44. The molecular formula is C30H33F3N8O2. The first kappa shape index (κ1) is 28.7. The molecule has 13 heteroatoms. The lowest BCUT2D eigenvalue weighted by atomic mass is 10.2. The Labute approximate surface area is 247 Å². The van der Waals surface area contributed by atoms with E-state index in [1.54, 1.807) is 29.2 Å². The van der Waals surface area contributed by atoms with E-state index in [0.717, 1.165) is 50.7 Å². The number of nitrogens with one attached hydrogen (secondary N) is 1. The van der Waals surface area contributed by atoms with Crippen LogP contribution in [0.15, 0.2) is 78.7 Å². The van der Waals surface area contributed by atoms with Crippen molar-refractivity contribution in [2.75, 3.05) is 58.7 Å². The van der Waals surface area contributed by atoms with Crippen LogP contribution in [0.5, 0.6) is 0 Å². The van der Waals surface area contributed by atoms with Crippen LogP contribution in [0.25, 0.3) is 10.9 Å². The number of pyridine rings is 1. The van der Waals surface area contributed by atoms with Gasteiger partial charge in [-0.15, -0.1) is 0 Å². The average Bonchev–Trinajstić information content (AvgIpc) is 3.55. The minimum Gasteiger partial charge on any atom is -0.492 e. The van der Waals surface area contributed by atoms with Crippen LogP contribution in [0.2, 0.25) is 0 Å². The number of anilines is 1. The SMILES string of the molecule is CN1CCN(CCOC2=CC3N(C)C=C(C(=O)Nc4cccc5c4cnn5Cc4ccc(C(F)(F)F)cn4)N3C=C2)CC1. The Hall–Kier alpha value is -4.36. The molecule has 1 amide bonds. The molecule has 10 nitrogen and oxygen atoms in total. The number of halogens is 3. The lowest BCUT2D eigenvalue weighted by Gasteiger charge is -2.33. The molecule has 2 aromatic heterocycles. The van der Waals surface area contributed by atoms with E-state index in [1.807, 2.05) is 41.3 Å². The molecule has 1 unspecified atom stereocenters. The molecule has 0 spiro atoms. The molecule has 226 valence electrons. The maximum Gasteiger partial charge on any atom is 0.417 e. The van der Waals surface area contributed by atoms with Crippen molar-refractivity contribution in [3.05, 3.63) is 90.0 Å². The van der Waals surface area contributed by atoms with Crippen molar-refractivity contribution in [2.45, 2.75) is 18.9 Å². The van der Waals surface area contributed by atoms with E-state index in [2.05, 4.69) is 32.2 Å². The Morgan fingerprint density at radius 2 is 1.91 bits per heavy atom. The number of carbonyl (C=O) groups is 1. The summed E-state index contributed by atoms with van der Waals surface area (Å²) >= 11 is 0. The monoisotopic (exact) mass is 594 g/mol. The number of hydrogen-bond donors (Lipinski definition) is 1. The number of aromatic nitrogens is 3. The van der Waals surface area contributed by atoms with Crippen molar-refractivity contribution in [3.8, 4) is 0 Å². The first-order valence-electron chi connectivity index (χ1n) is 14.1. The first-order chi connectivity index (χ1) is 20.7. The third kappa shape index (κ3) is 6.22. The van der Waals surface area contributed by atoms with E-state index in [-0.39, 0.29) is 18.6 Å². The van der Waals surface area contributed by atoms with Gasteiger partial charge in [-0.05, 0) is 37.4 Å². The summed E-state index contributed by atoms with van der Waals surface area (Å²) in [5, 5.41) is 8.11. The first-order valence-corrected chi connectivity index (χ1v) is 14.1. The van der Waals surface area contributed by atoms with Crippen LogP contribution in [-0.2, 0) is 22.3 Å². The highest BCUT2D eigenvalue weighted by Crippen LogP contribution is 2.31. The second-order valence-electron chi connectivity index (χ2n) is 10.9. The second kappa shape index (κ2) is 11.7. The zero-order valence-corrected chi connectivity index (χ0v) is 24.0. The van der Waals surface area contributed by atoms with Crippen LogP contribution in [0, 0.1) is 0 Å². The summed E-state index contributed by atoms with van der Waals surface area (Å²) in [6.45, 7) is 5.88. The van der Waals surface area contributed by atoms with Gasteiger partial charge in [0.05, 0.1) is 35.2 Å². The summed E-state index contributed by atoms with van der Waals surface area (Å²) in [5.74, 6) is 0.494. The minimum absolute atomic E-state index is 0.181. The molecule has 1 aromatic carbocycles. The molecule has 43 heavy (non-hydrogen) atoms. The molecule has 1 atom stereocenters. The van der Waals surface area contributed by atoms with E-state index in [4.69, 9.17) is 4.74 Å². The lowest BCUT2D eigenvalue weighted by molar-refractivity contribution is -0.137. The highest BCUT2D eigenvalue weighted by atomic mass is 19.4. The average molecular weight is 595 g/mol. The lowest BCUT2D eigenvalue weighted by Crippen LogP contribution is -2.45. The largest absolute Gasteiger partial charge is 0.492 e. The predicted molar refractivity (Wildman–Crippen MR) is 155 cm³/mol. The van der Waals surface area contributed by atoms with Gasteiger partial charge in [0.25, 0.3) is 5.91 Å². The van der Waals surface area contributed by atoms with Crippen molar-refractivity contribution in [3.63, 3.8) is 0 Å². The third-order valence-corrected chi connectivity index (χ3v) is 7.92. The van der Waals surface area contributed by atoms with Gasteiger partial charge in [-0.1, -0.05) is 6.07 Å². The molecule has 1 N–H and O–H groups in total. The molecule has 5 heterocycles. The van der Waals surface area contributed by atoms with Gasteiger partial charge in [-0.3, -0.25) is 19.4 Å². The van der Waals surface area contributed by atoms with Gasteiger partial charge in [0, 0.05) is 69.8 Å². The molecule has 0 aliphatic carbocycles. The van der Waals surface area contributed by atoms with Gasteiger partial charge in [0.2, 0.25) is 0 Å². The summed E-state index contributed by atoms with van der Waals surface area (Å²) in [7, 11) is 4.05. The smallest absolute Gasteiger partial charge is 0.417 e. The van der Waals surface area contributed by atoms with Crippen molar-refractivity contribution < 1.29 is 22.7 Å². The highest BCUT2D eigenvalue weighted by Gasteiger charge is 2.34. The number of carbonyl (C=O) groups excluding carboxylic acids is 1. The fourth-order valence-corrected chi connectivity index (χ4v) is 5.40.